The highest BCUT2D eigenvalue weighted by Crippen LogP contribution is 2.18. The summed E-state index contributed by atoms with van der Waals surface area (Å²) in [5, 5.41) is 13.2. The van der Waals surface area contributed by atoms with Crippen LogP contribution in [0.2, 0.25) is 0 Å². The highest BCUT2D eigenvalue weighted by molar-refractivity contribution is 5.82. The Bertz CT molecular complexity index is 911. The van der Waals surface area contributed by atoms with Crippen LogP contribution in [0.4, 0.5) is 0 Å². The summed E-state index contributed by atoms with van der Waals surface area (Å²) in [5.74, 6) is -0.594. The Morgan fingerprint density at radius 1 is 1.36 bits per heavy atom. The minimum absolute atomic E-state index is 0.102. The van der Waals surface area contributed by atoms with E-state index in [1.54, 1.807) is 6.07 Å². The van der Waals surface area contributed by atoms with Crippen molar-refractivity contribution >= 4 is 16.9 Å². The molecule has 0 aliphatic rings. The lowest BCUT2D eigenvalue weighted by Crippen LogP contribution is -2.09. The van der Waals surface area contributed by atoms with Crippen molar-refractivity contribution in [1.82, 2.24) is 15.1 Å². The number of hydrogen-bond acceptors (Lipinski definition) is 5. The summed E-state index contributed by atoms with van der Waals surface area (Å²) in [7, 11) is 0. The predicted octanol–water partition coefficient (Wildman–Crippen LogP) is 1.90. The van der Waals surface area contributed by atoms with Crippen LogP contribution in [-0.4, -0.2) is 26.2 Å². The van der Waals surface area contributed by atoms with Gasteiger partial charge in [-0.1, -0.05) is 17.3 Å². The third kappa shape index (κ3) is 2.73. The van der Waals surface area contributed by atoms with E-state index in [0.29, 0.717) is 5.56 Å². The maximum absolute atomic E-state index is 12.1. The van der Waals surface area contributed by atoms with Crippen LogP contribution in [0.15, 0.2) is 33.6 Å². The van der Waals surface area contributed by atoms with E-state index in [2.05, 4.69) is 15.1 Å². The minimum Gasteiger partial charge on any atom is -0.481 e. The van der Waals surface area contributed by atoms with Gasteiger partial charge in [-0.25, -0.2) is 0 Å². The standard InChI is InChI=1S/C15H13N3O4/c1-8-2-3-9-7-10(15(21)16-11(9)6-8)14-17-12(22-18-14)4-5-13(19)20/h2-3,6-7H,4-5H2,1H3,(H,16,21)(H,19,20). The first-order chi connectivity index (χ1) is 10.5. The summed E-state index contributed by atoms with van der Waals surface area (Å²) in [6.07, 6.45) is 0.0298. The lowest BCUT2D eigenvalue weighted by molar-refractivity contribution is -0.137. The largest absolute Gasteiger partial charge is 0.481 e. The summed E-state index contributed by atoms with van der Waals surface area (Å²) >= 11 is 0. The number of pyridine rings is 1. The number of nitrogens with one attached hydrogen (secondary N) is 1. The van der Waals surface area contributed by atoms with Crippen LogP contribution >= 0.6 is 0 Å². The number of rotatable bonds is 4. The second-order valence-electron chi connectivity index (χ2n) is 5.01. The van der Waals surface area contributed by atoms with Crippen molar-refractivity contribution in [3.05, 3.63) is 46.1 Å². The Morgan fingerprint density at radius 2 is 2.18 bits per heavy atom. The lowest BCUT2D eigenvalue weighted by Gasteiger charge is -2.01. The first-order valence-corrected chi connectivity index (χ1v) is 6.71. The molecule has 0 aliphatic heterocycles. The van der Waals surface area contributed by atoms with Crippen molar-refractivity contribution in [3.8, 4) is 11.4 Å². The fraction of sp³-hybridized carbons (Fsp3) is 0.200. The maximum Gasteiger partial charge on any atom is 0.303 e. The molecule has 112 valence electrons. The average molecular weight is 299 g/mol. The van der Waals surface area contributed by atoms with Gasteiger partial charge in [-0.3, -0.25) is 9.59 Å². The highest BCUT2D eigenvalue weighted by Gasteiger charge is 2.14. The fourth-order valence-electron chi connectivity index (χ4n) is 2.16. The molecule has 0 atom stereocenters. The average Bonchev–Trinajstić information content (AvgIpc) is 2.93. The van der Waals surface area contributed by atoms with Gasteiger partial charge < -0.3 is 14.6 Å². The fourth-order valence-corrected chi connectivity index (χ4v) is 2.16. The molecule has 0 aliphatic carbocycles. The second-order valence-corrected chi connectivity index (χ2v) is 5.01. The molecule has 0 unspecified atom stereocenters. The number of H-pyrrole nitrogens is 1. The molecule has 0 saturated heterocycles. The third-order valence-electron chi connectivity index (χ3n) is 3.26. The van der Waals surface area contributed by atoms with Crippen LogP contribution < -0.4 is 5.56 Å². The lowest BCUT2D eigenvalue weighted by atomic mass is 10.1. The Balaban J connectivity index is 1.99. The van der Waals surface area contributed by atoms with Crippen molar-refractivity contribution in [2.45, 2.75) is 19.8 Å². The molecule has 0 saturated carbocycles. The zero-order chi connectivity index (χ0) is 15.7. The number of carboxylic acid groups (broad SMARTS) is 1. The van der Waals surface area contributed by atoms with Crippen LogP contribution in [0.1, 0.15) is 17.9 Å². The van der Waals surface area contributed by atoms with E-state index in [1.807, 2.05) is 25.1 Å². The van der Waals surface area contributed by atoms with Crippen molar-refractivity contribution in [1.29, 1.82) is 0 Å². The molecular weight excluding hydrogens is 286 g/mol. The molecule has 3 rings (SSSR count). The van der Waals surface area contributed by atoms with Gasteiger partial charge in [-0.05, 0) is 30.0 Å². The van der Waals surface area contributed by atoms with Gasteiger partial charge in [0.15, 0.2) is 0 Å². The first kappa shape index (κ1) is 14.0. The number of carbonyl (C=O) groups is 1. The zero-order valence-electron chi connectivity index (χ0n) is 11.8. The monoisotopic (exact) mass is 299 g/mol. The zero-order valence-corrected chi connectivity index (χ0v) is 11.8. The molecule has 0 fully saturated rings. The van der Waals surface area contributed by atoms with Gasteiger partial charge in [0.05, 0.1) is 12.0 Å². The number of fused-ring (bicyclic) bond motifs is 1. The summed E-state index contributed by atoms with van der Waals surface area (Å²) < 4.78 is 4.98. The molecule has 2 heterocycles. The van der Waals surface area contributed by atoms with Crippen LogP contribution in [-0.2, 0) is 11.2 Å². The van der Waals surface area contributed by atoms with Gasteiger partial charge in [0.25, 0.3) is 5.56 Å². The normalized spacial score (nSPS) is 11.0. The summed E-state index contributed by atoms with van der Waals surface area (Å²) in [6.45, 7) is 1.94. The first-order valence-electron chi connectivity index (χ1n) is 6.71. The van der Waals surface area contributed by atoms with Crippen LogP contribution in [0.25, 0.3) is 22.3 Å². The SMILES string of the molecule is Cc1ccc2cc(-c3noc(CCC(=O)O)n3)c(=O)[nH]c2c1. The molecule has 0 bridgehead atoms. The number of aryl methyl sites for hydroxylation is 2. The molecule has 0 spiro atoms. The molecule has 2 N–H and O–H groups in total. The quantitative estimate of drug-likeness (QED) is 0.761. The second kappa shape index (κ2) is 5.44. The molecule has 7 heteroatoms. The van der Waals surface area contributed by atoms with E-state index < -0.39 is 5.97 Å². The third-order valence-corrected chi connectivity index (χ3v) is 3.26. The summed E-state index contributed by atoms with van der Waals surface area (Å²) in [4.78, 5) is 29.5. The van der Waals surface area contributed by atoms with Crippen molar-refractivity contribution in [2.24, 2.45) is 0 Å². The molecular formula is C15H13N3O4. The molecule has 1 aromatic carbocycles. The molecule has 7 nitrogen and oxygen atoms in total. The smallest absolute Gasteiger partial charge is 0.303 e. The van der Waals surface area contributed by atoms with Crippen LogP contribution in [0.3, 0.4) is 0 Å². The van der Waals surface area contributed by atoms with Gasteiger partial charge in [-0.15, -0.1) is 0 Å². The van der Waals surface area contributed by atoms with Crippen molar-refractivity contribution < 1.29 is 14.4 Å². The van der Waals surface area contributed by atoms with Gasteiger partial charge in [-0.2, -0.15) is 4.98 Å². The molecule has 22 heavy (non-hydrogen) atoms. The number of nitrogens with zero attached hydrogens (tertiary/aromatic N) is 2. The van der Waals surface area contributed by atoms with Crippen molar-refractivity contribution in [3.63, 3.8) is 0 Å². The van der Waals surface area contributed by atoms with Gasteiger partial charge >= 0.3 is 5.97 Å². The van der Waals surface area contributed by atoms with Crippen molar-refractivity contribution in [2.75, 3.05) is 0 Å². The number of carboxylic acids is 1. The van der Waals surface area contributed by atoms with E-state index in [1.165, 1.54) is 0 Å². The number of aromatic nitrogens is 3. The van der Waals surface area contributed by atoms with E-state index in [9.17, 15) is 9.59 Å². The Kier molecular flexibility index (Phi) is 3.46. The van der Waals surface area contributed by atoms with E-state index in [-0.39, 0.29) is 30.1 Å². The summed E-state index contributed by atoms with van der Waals surface area (Å²) in [6, 6.07) is 7.42. The van der Waals surface area contributed by atoms with Gasteiger partial charge in [0, 0.05) is 11.9 Å². The molecule has 0 amide bonds. The topological polar surface area (TPSA) is 109 Å². The number of hydrogen-bond donors (Lipinski definition) is 2. The molecule has 0 radical (unpaired) electrons. The van der Waals surface area contributed by atoms with Gasteiger partial charge in [0.2, 0.25) is 11.7 Å². The molecule has 3 aromatic rings. The maximum atomic E-state index is 12.1. The van der Waals surface area contributed by atoms with E-state index in [0.717, 1.165) is 16.5 Å². The number of aliphatic carboxylic acids is 1. The predicted molar refractivity (Wildman–Crippen MR) is 78.6 cm³/mol. The highest BCUT2D eigenvalue weighted by atomic mass is 16.5. The number of benzene rings is 1. The Morgan fingerprint density at radius 3 is 2.95 bits per heavy atom. The van der Waals surface area contributed by atoms with Crippen LogP contribution in [0.5, 0.6) is 0 Å². The Hall–Kier alpha value is -2.96. The minimum atomic E-state index is -0.946. The molecule has 2 aromatic heterocycles. The summed E-state index contributed by atoms with van der Waals surface area (Å²) in [5.41, 5.74) is 1.76. The Labute approximate surface area is 124 Å². The van der Waals surface area contributed by atoms with Crippen LogP contribution in [0, 0.1) is 6.92 Å². The van der Waals surface area contributed by atoms with E-state index in [4.69, 9.17) is 9.63 Å². The van der Waals surface area contributed by atoms with Gasteiger partial charge in [0.1, 0.15) is 0 Å². The number of aromatic amines is 1. The van der Waals surface area contributed by atoms with E-state index >= 15 is 0 Å².